The van der Waals surface area contributed by atoms with Crippen LogP contribution < -0.4 is 10.2 Å². The molecule has 0 radical (unpaired) electrons. The molecule has 4 rings (SSSR count). The van der Waals surface area contributed by atoms with E-state index < -0.39 is 5.97 Å². The lowest BCUT2D eigenvalue weighted by Gasteiger charge is -2.21. The molecule has 0 aliphatic heterocycles. The maximum atomic E-state index is 10.6. The summed E-state index contributed by atoms with van der Waals surface area (Å²) in [5.41, 5.74) is 8.09. The second-order valence-corrected chi connectivity index (χ2v) is 10.1. The second kappa shape index (κ2) is 11.2. The summed E-state index contributed by atoms with van der Waals surface area (Å²) < 4.78 is 12.5. The monoisotopic (exact) mass is 511 g/mol. The smallest absolute Gasteiger partial charge is 0.331 e. The molecule has 182 valence electrons. The van der Waals surface area contributed by atoms with Crippen molar-refractivity contribution in [1.29, 1.82) is 5.26 Å². The molecule has 0 saturated carbocycles. The van der Waals surface area contributed by atoms with Gasteiger partial charge in [-0.1, -0.05) is 29.5 Å². The van der Waals surface area contributed by atoms with Crippen LogP contribution in [0, 0.1) is 11.3 Å². The van der Waals surface area contributed by atoms with Crippen molar-refractivity contribution < 1.29 is 18.8 Å². The molecular weight excluding hydrogens is 486 g/mol. The van der Waals surface area contributed by atoms with Gasteiger partial charge in [0.05, 0.1) is 23.9 Å². The van der Waals surface area contributed by atoms with Gasteiger partial charge in [-0.2, -0.15) is 9.68 Å². The van der Waals surface area contributed by atoms with Gasteiger partial charge in [-0.15, -0.1) is 10.2 Å². The molecular formula is C24H25N5O4S2. The van der Waals surface area contributed by atoms with Gasteiger partial charge in [0, 0.05) is 24.2 Å². The fourth-order valence-corrected chi connectivity index (χ4v) is 5.32. The SMILES string of the molecule is CC(C)Oc1ccc(-c2nnc(-c3cccc4c3CCC4NN(C)SOCC(=O)O)s2)cc1C#N. The van der Waals surface area contributed by atoms with E-state index in [0.717, 1.165) is 46.2 Å². The van der Waals surface area contributed by atoms with Gasteiger partial charge >= 0.3 is 5.97 Å². The number of ether oxygens (including phenoxy) is 1. The summed E-state index contributed by atoms with van der Waals surface area (Å²) in [6, 6.07) is 13.9. The van der Waals surface area contributed by atoms with E-state index in [1.165, 1.54) is 22.5 Å². The fraction of sp³-hybridized carbons (Fsp3) is 0.333. The van der Waals surface area contributed by atoms with Gasteiger partial charge < -0.3 is 9.84 Å². The number of nitriles is 1. The van der Waals surface area contributed by atoms with Crippen molar-refractivity contribution in [3.63, 3.8) is 0 Å². The molecule has 1 heterocycles. The number of carbonyl (C=O) groups is 1. The van der Waals surface area contributed by atoms with E-state index in [1.807, 2.05) is 26.0 Å². The zero-order valence-corrected chi connectivity index (χ0v) is 21.2. The van der Waals surface area contributed by atoms with Crippen molar-refractivity contribution in [2.45, 2.75) is 38.8 Å². The minimum atomic E-state index is -1.01. The fourth-order valence-electron chi connectivity index (χ4n) is 3.94. The summed E-state index contributed by atoms with van der Waals surface area (Å²) >= 11 is 2.45. The number of benzene rings is 2. The van der Waals surface area contributed by atoms with Crippen LogP contribution >= 0.6 is 23.6 Å². The Hall–Kier alpha value is -3.01. The van der Waals surface area contributed by atoms with Gasteiger partial charge in [-0.05, 0) is 56.0 Å². The van der Waals surface area contributed by atoms with E-state index in [-0.39, 0.29) is 18.8 Å². The van der Waals surface area contributed by atoms with Crippen LogP contribution in [-0.4, -0.2) is 45.4 Å². The number of hydrazine groups is 1. The van der Waals surface area contributed by atoms with Gasteiger partial charge in [0.15, 0.2) is 6.61 Å². The highest BCUT2D eigenvalue weighted by Gasteiger charge is 2.27. The first-order valence-electron chi connectivity index (χ1n) is 11.0. The van der Waals surface area contributed by atoms with Crippen molar-refractivity contribution >= 4 is 29.5 Å². The Bertz CT molecular complexity index is 1260. The molecule has 0 bridgehead atoms. The minimum Gasteiger partial charge on any atom is -0.490 e. The van der Waals surface area contributed by atoms with E-state index in [4.69, 9.17) is 14.0 Å². The molecule has 1 atom stereocenters. The first-order chi connectivity index (χ1) is 16.9. The number of carboxylic acid groups (broad SMARTS) is 1. The zero-order chi connectivity index (χ0) is 24.9. The van der Waals surface area contributed by atoms with Crippen LogP contribution in [0.2, 0.25) is 0 Å². The first-order valence-corrected chi connectivity index (χ1v) is 12.5. The predicted molar refractivity (Wildman–Crippen MR) is 134 cm³/mol. The molecule has 35 heavy (non-hydrogen) atoms. The third kappa shape index (κ3) is 5.98. The van der Waals surface area contributed by atoms with E-state index in [0.29, 0.717) is 11.3 Å². The summed E-state index contributed by atoms with van der Waals surface area (Å²) in [5, 5.41) is 28.7. The van der Waals surface area contributed by atoms with Crippen LogP contribution in [-0.2, 0) is 15.4 Å². The molecule has 2 N–H and O–H groups in total. The normalized spacial score (nSPS) is 14.8. The van der Waals surface area contributed by atoms with E-state index in [9.17, 15) is 10.1 Å². The summed E-state index contributed by atoms with van der Waals surface area (Å²) in [6.45, 7) is 3.48. The third-order valence-electron chi connectivity index (χ3n) is 5.32. The number of rotatable bonds is 10. The zero-order valence-electron chi connectivity index (χ0n) is 19.5. The lowest BCUT2D eigenvalue weighted by molar-refractivity contribution is -0.139. The number of hydrogen-bond donors (Lipinski definition) is 2. The Labute approximate surface area is 212 Å². The first kappa shape index (κ1) is 25.1. The van der Waals surface area contributed by atoms with Crippen LogP contribution in [0.5, 0.6) is 5.75 Å². The Morgan fingerprint density at radius 3 is 2.89 bits per heavy atom. The third-order valence-corrected chi connectivity index (χ3v) is 6.88. The molecule has 0 spiro atoms. The molecule has 1 unspecified atom stereocenters. The molecule has 1 aliphatic carbocycles. The number of aliphatic carboxylic acids is 1. The van der Waals surface area contributed by atoms with Gasteiger partial charge in [0.25, 0.3) is 0 Å². The van der Waals surface area contributed by atoms with Crippen molar-refractivity contribution in [3.8, 4) is 33.0 Å². The highest BCUT2D eigenvalue weighted by atomic mass is 32.2. The number of aromatic nitrogens is 2. The Kier molecular flexibility index (Phi) is 8.00. The minimum absolute atomic E-state index is 0.0183. The standard InChI is InChI=1S/C24H25N5O4S2/c1-14(2)33-21-10-7-15(11-16(21)12-25)23-26-27-24(34-23)19-6-4-5-18-17(19)8-9-20(18)28-29(3)35-32-13-22(30)31/h4-7,10-11,14,20,28H,8-9,13H2,1-3H3,(H,30,31). The molecule has 0 saturated heterocycles. The molecule has 3 aromatic rings. The highest BCUT2D eigenvalue weighted by molar-refractivity contribution is 7.92. The molecule has 1 aromatic heterocycles. The number of hydrogen-bond acceptors (Lipinski definition) is 10. The molecule has 11 heteroatoms. The molecule has 0 amide bonds. The number of fused-ring (bicyclic) bond motifs is 1. The van der Waals surface area contributed by atoms with Crippen LogP contribution in [0.15, 0.2) is 36.4 Å². The van der Waals surface area contributed by atoms with Crippen molar-refractivity contribution in [2.75, 3.05) is 13.7 Å². The Morgan fingerprint density at radius 2 is 2.14 bits per heavy atom. The Balaban J connectivity index is 1.52. The lowest BCUT2D eigenvalue weighted by atomic mass is 10.0. The summed E-state index contributed by atoms with van der Waals surface area (Å²) in [7, 11) is 1.79. The average Bonchev–Trinajstić information content (AvgIpc) is 3.46. The number of nitrogens with zero attached hydrogens (tertiary/aromatic N) is 4. The van der Waals surface area contributed by atoms with Crippen LogP contribution in [0.3, 0.4) is 0 Å². The number of carboxylic acids is 1. The van der Waals surface area contributed by atoms with Crippen LogP contribution in [0.1, 0.15) is 43.0 Å². The van der Waals surface area contributed by atoms with Crippen molar-refractivity contribution in [3.05, 3.63) is 53.1 Å². The Morgan fingerprint density at radius 1 is 1.34 bits per heavy atom. The van der Waals surface area contributed by atoms with Crippen molar-refractivity contribution in [1.82, 2.24) is 20.0 Å². The topological polar surface area (TPSA) is 121 Å². The summed E-state index contributed by atoms with van der Waals surface area (Å²) in [6.07, 6.45) is 1.76. The van der Waals surface area contributed by atoms with E-state index in [1.54, 1.807) is 23.6 Å². The average molecular weight is 512 g/mol. The van der Waals surface area contributed by atoms with Gasteiger partial charge in [-0.25, -0.2) is 10.2 Å². The van der Waals surface area contributed by atoms with Gasteiger partial charge in [-0.3, -0.25) is 4.18 Å². The number of nitrogens with one attached hydrogen (secondary N) is 1. The van der Waals surface area contributed by atoms with Crippen molar-refractivity contribution in [2.24, 2.45) is 0 Å². The maximum Gasteiger partial charge on any atom is 0.331 e. The highest BCUT2D eigenvalue weighted by Crippen LogP contribution is 2.40. The van der Waals surface area contributed by atoms with Gasteiger partial charge in [0.2, 0.25) is 0 Å². The molecule has 9 nitrogen and oxygen atoms in total. The quantitative estimate of drug-likeness (QED) is 0.227. The molecule has 1 aliphatic rings. The van der Waals surface area contributed by atoms with E-state index >= 15 is 0 Å². The van der Waals surface area contributed by atoms with Crippen LogP contribution in [0.4, 0.5) is 0 Å². The predicted octanol–water partition coefficient (Wildman–Crippen LogP) is 4.62. The van der Waals surface area contributed by atoms with Gasteiger partial charge in [0.1, 0.15) is 21.8 Å². The summed E-state index contributed by atoms with van der Waals surface area (Å²) in [5.74, 6) is -0.450. The van der Waals surface area contributed by atoms with E-state index in [2.05, 4.69) is 33.8 Å². The second-order valence-electron chi connectivity index (χ2n) is 8.22. The lowest BCUT2D eigenvalue weighted by Crippen LogP contribution is -2.32. The molecule has 2 aromatic carbocycles. The largest absolute Gasteiger partial charge is 0.490 e. The summed E-state index contributed by atoms with van der Waals surface area (Å²) in [4.78, 5) is 10.6. The molecule has 0 fully saturated rings. The maximum absolute atomic E-state index is 10.6. The van der Waals surface area contributed by atoms with Crippen LogP contribution in [0.25, 0.3) is 21.1 Å².